The summed E-state index contributed by atoms with van der Waals surface area (Å²) in [4.78, 5) is 17.2. The van der Waals surface area contributed by atoms with Crippen molar-refractivity contribution in [2.24, 2.45) is 0 Å². The number of hydrogen-bond acceptors (Lipinski definition) is 6. The van der Waals surface area contributed by atoms with E-state index in [1.165, 1.54) is 6.20 Å². The summed E-state index contributed by atoms with van der Waals surface area (Å²) in [5, 5.41) is 13.6. The van der Waals surface area contributed by atoms with Gasteiger partial charge in [-0.2, -0.15) is 9.61 Å². The Bertz CT molecular complexity index is 1010. The molecule has 1 amide bonds. The van der Waals surface area contributed by atoms with Crippen LogP contribution in [-0.4, -0.2) is 40.7 Å². The second kappa shape index (κ2) is 8.81. The minimum absolute atomic E-state index is 0.228. The van der Waals surface area contributed by atoms with Gasteiger partial charge in [-0.25, -0.2) is 4.98 Å². The fraction of sp³-hybridized carbons (Fsp3) is 0.381. The average molecular weight is 396 g/mol. The summed E-state index contributed by atoms with van der Waals surface area (Å²) in [7, 11) is 1.81. The van der Waals surface area contributed by atoms with Crippen LogP contribution in [0.1, 0.15) is 49.5 Å². The van der Waals surface area contributed by atoms with Gasteiger partial charge in [-0.1, -0.05) is 33.8 Å². The van der Waals surface area contributed by atoms with Crippen molar-refractivity contribution in [1.29, 1.82) is 0 Å². The highest BCUT2D eigenvalue weighted by Gasteiger charge is 2.18. The van der Waals surface area contributed by atoms with E-state index in [-0.39, 0.29) is 5.91 Å². The molecule has 1 aromatic carbocycles. The molecule has 0 saturated carbocycles. The van der Waals surface area contributed by atoms with E-state index >= 15 is 0 Å². The number of hydrogen-bond donors (Lipinski definition) is 3. The van der Waals surface area contributed by atoms with Crippen molar-refractivity contribution < 1.29 is 9.53 Å². The van der Waals surface area contributed by atoms with Gasteiger partial charge in [-0.15, -0.1) is 0 Å². The number of benzene rings is 1. The second-order valence-electron chi connectivity index (χ2n) is 6.70. The first-order chi connectivity index (χ1) is 14.1. The number of carbonyl (C=O) groups is 1. The molecular weight excluding hydrogens is 368 g/mol. The molecule has 3 aromatic rings. The number of aromatic nitrogens is 3. The highest BCUT2D eigenvalue weighted by molar-refractivity contribution is 6.00. The van der Waals surface area contributed by atoms with E-state index in [9.17, 15) is 4.79 Å². The molecule has 3 N–H and O–H groups in total. The van der Waals surface area contributed by atoms with E-state index in [4.69, 9.17) is 4.74 Å². The molecule has 0 fully saturated rings. The largest absolute Gasteiger partial charge is 0.492 e. The van der Waals surface area contributed by atoms with Crippen molar-refractivity contribution in [3.8, 4) is 5.75 Å². The van der Waals surface area contributed by atoms with Crippen LogP contribution >= 0.6 is 0 Å². The van der Waals surface area contributed by atoms with Crippen LogP contribution in [0.15, 0.2) is 30.5 Å². The van der Waals surface area contributed by atoms with E-state index in [1.54, 1.807) is 4.52 Å². The van der Waals surface area contributed by atoms with Gasteiger partial charge in [0.25, 0.3) is 5.91 Å². The fourth-order valence-electron chi connectivity index (χ4n) is 3.17. The maximum Gasteiger partial charge on any atom is 0.256 e. The third kappa shape index (κ3) is 4.11. The van der Waals surface area contributed by atoms with Crippen LogP contribution in [0.2, 0.25) is 0 Å². The fourth-order valence-corrected chi connectivity index (χ4v) is 3.17. The minimum Gasteiger partial charge on any atom is -0.492 e. The predicted molar refractivity (Wildman–Crippen MR) is 116 cm³/mol. The summed E-state index contributed by atoms with van der Waals surface area (Å²) in [5.74, 6) is 2.20. The Balaban J connectivity index is 0.00000117. The van der Waals surface area contributed by atoms with Gasteiger partial charge in [-0.3, -0.25) is 4.79 Å². The zero-order valence-electron chi connectivity index (χ0n) is 17.5. The van der Waals surface area contributed by atoms with Gasteiger partial charge in [0.1, 0.15) is 29.6 Å². The molecule has 8 nitrogen and oxygen atoms in total. The van der Waals surface area contributed by atoms with Crippen LogP contribution in [0.4, 0.5) is 17.3 Å². The highest BCUT2D eigenvalue weighted by atomic mass is 16.5. The third-order valence-corrected chi connectivity index (χ3v) is 4.54. The van der Waals surface area contributed by atoms with Crippen molar-refractivity contribution in [3.63, 3.8) is 0 Å². The molecule has 1 aliphatic rings. The SMILES string of the molecule is CC.CNc1cc2nc3c(cnn13)C(=O)NCCOc1ccc(C(C)C)c(c1)N2. The normalized spacial score (nSPS) is 13.2. The first-order valence-corrected chi connectivity index (χ1v) is 9.95. The van der Waals surface area contributed by atoms with Crippen LogP contribution in [-0.2, 0) is 0 Å². The summed E-state index contributed by atoms with van der Waals surface area (Å²) in [6.45, 7) is 9.05. The monoisotopic (exact) mass is 396 g/mol. The molecule has 4 bridgehead atoms. The first-order valence-electron chi connectivity index (χ1n) is 9.95. The Kier molecular flexibility index (Phi) is 6.21. The Morgan fingerprint density at radius 2 is 2.03 bits per heavy atom. The lowest BCUT2D eigenvalue weighted by molar-refractivity contribution is 0.0948. The lowest BCUT2D eigenvalue weighted by Crippen LogP contribution is -2.28. The number of amides is 1. The smallest absolute Gasteiger partial charge is 0.256 e. The molecular formula is C21H28N6O2. The number of nitrogens with zero attached hydrogens (tertiary/aromatic N) is 3. The van der Waals surface area contributed by atoms with E-state index in [0.29, 0.717) is 36.1 Å². The van der Waals surface area contributed by atoms with Gasteiger partial charge < -0.3 is 20.7 Å². The van der Waals surface area contributed by atoms with Crippen molar-refractivity contribution in [2.75, 3.05) is 30.8 Å². The van der Waals surface area contributed by atoms with E-state index in [1.807, 2.05) is 39.1 Å². The Labute approximate surface area is 170 Å². The van der Waals surface area contributed by atoms with Crippen LogP contribution in [0, 0.1) is 0 Å². The van der Waals surface area contributed by atoms with Gasteiger partial charge >= 0.3 is 0 Å². The minimum atomic E-state index is -0.228. The summed E-state index contributed by atoms with van der Waals surface area (Å²) >= 11 is 0. The van der Waals surface area contributed by atoms with Crippen LogP contribution in [0.3, 0.4) is 0 Å². The van der Waals surface area contributed by atoms with Crippen molar-refractivity contribution in [1.82, 2.24) is 19.9 Å². The van der Waals surface area contributed by atoms with Crippen molar-refractivity contribution >= 4 is 28.9 Å². The second-order valence-corrected chi connectivity index (χ2v) is 6.70. The molecule has 4 rings (SSSR count). The zero-order chi connectivity index (χ0) is 21.0. The van der Waals surface area contributed by atoms with E-state index in [0.717, 1.165) is 22.8 Å². The zero-order valence-corrected chi connectivity index (χ0v) is 17.5. The molecule has 0 radical (unpaired) electrons. The maximum atomic E-state index is 12.5. The highest BCUT2D eigenvalue weighted by Crippen LogP contribution is 2.31. The van der Waals surface area contributed by atoms with Crippen LogP contribution in [0.25, 0.3) is 5.65 Å². The molecule has 0 atom stereocenters. The number of fused-ring (bicyclic) bond motifs is 3. The lowest BCUT2D eigenvalue weighted by Gasteiger charge is -2.17. The summed E-state index contributed by atoms with van der Waals surface area (Å²) < 4.78 is 7.41. The predicted octanol–water partition coefficient (Wildman–Crippen LogP) is 3.79. The third-order valence-electron chi connectivity index (χ3n) is 4.54. The number of anilines is 3. The molecule has 1 aliphatic heterocycles. The average Bonchev–Trinajstić information content (AvgIpc) is 3.15. The Morgan fingerprint density at radius 3 is 2.76 bits per heavy atom. The molecule has 0 aliphatic carbocycles. The van der Waals surface area contributed by atoms with E-state index in [2.05, 4.69) is 45.9 Å². The quantitative estimate of drug-likeness (QED) is 0.610. The Morgan fingerprint density at radius 1 is 1.24 bits per heavy atom. The van der Waals surface area contributed by atoms with Crippen LogP contribution in [0.5, 0.6) is 5.75 Å². The number of nitrogens with one attached hydrogen (secondary N) is 3. The number of rotatable bonds is 2. The Hall–Kier alpha value is -3.29. The molecule has 0 saturated heterocycles. The molecule has 2 aromatic heterocycles. The topological polar surface area (TPSA) is 92.6 Å². The maximum absolute atomic E-state index is 12.5. The van der Waals surface area contributed by atoms with Gasteiger partial charge in [0.15, 0.2) is 5.65 Å². The lowest BCUT2D eigenvalue weighted by atomic mass is 10.0. The standard InChI is InChI=1S/C19H22N6O2.C2H6/c1-11(2)13-5-4-12-8-15(13)23-16-9-17(20-3)25-18(24-16)14(10-22-25)19(26)21-6-7-27-12;1-2/h4-5,8-11,20H,6-7H2,1-3H3,(H,21,26)(H,23,24);1-2H3. The first kappa shape index (κ1) is 20.4. The van der Waals surface area contributed by atoms with E-state index < -0.39 is 0 Å². The van der Waals surface area contributed by atoms with Crippen molar-refractivity contribution in [3.05, 3.63) is 41.6 Å². The molecule has 8 heteroatoms. The molecule has 29 heavy (non-hydrogen) atoms. The molecule has 0 spiro atoms. The molecule has 154 valence electrons. The van der Waals surface area contributed by atoms with Crippen LogP contribution < -0.4 is 20.7 Å². The number of ether oxygens (including phenoxy) is 1. The van der Waals surface area contributed by atoms with Gasteiger partial charge in [0.2, 0.25) is 0 Å². The van der Waals surface area contributed by atoms with Gasteiger partial charge in [0.05, 0.1) is 12.7 Å². The molecule has 0 unspecified atom stereocenters. The van der Waals surface area contributed by atoms with Crippen molar-refractivity contribution in [2.45, 2.75) is 33.6 Å². The molecule has 3 heterocycles. The van der Waals surface area contributed by atoms with Gasteiger partial charge in [-0.05, 0) is 17.5 Å². The van der Waals surface area contributed by atoms with Gasteiger partial charge in [0, 0.05) is 24.9 Å². The number of carbonyl (C=O) groups excluding carboxylic acids is 1. The summed E-state index contributed by atoms with van der Waals surface area (Å²) in [6, 6.07) is 7.84. The summed E-state index contributed by atoms with van der Waals surface area (Å²) in [6.07, 6.45) is 1.53. The summed E-state index contributed by atoms with van der Waals surface area (Å²) in [5.41, 5.74) is 3.00.